The Morgan fingerprint density at radius 1 is 1.15 bits per heavy atom. The van der Waals surface area contributed by atoms with Crippen molar-refractivity contribution >= 4 is 17.3 Å². The summed E-state index contributed by atoms with van der Waals surface area (Å²) in [6.07, 6.45) is 2.17. The van der Waals surface area contributed by atoms with E-state index in [1.165, 1.54) is 17.7 Å². The van der Waals surface area contributed by atoms with Gasteiger partial charge in [0.2, 0.25) is 0 Å². The van der Waals surface area contributed by atoms with E-state index in [9.17, 15) is 9.18 Å². The van der Waals surface area contributed by atoms with Gasteiger partial charge in [-0.15, -0.1) is 5.10 Å². The molecule has 0 bridgehead atoms. The minimum absolute atomic E-state index is 0.105. The predicted octanol–water partition coefficient (Wildman–Crippen LogP) is 5.08. The second-order valence-electron chi connectivity index (χ2n) is 7.13. The molecular formula is C22H22FN3O. The average molecular weight is 363 g/mol. The molecule has 0 amide bonds. The molecular weight excluding hydrogens is 341 g/mol. The number of carbonyl (C=O) groups is 1. The summed E-state index contributed by atoms with van der Waals surface area (Å²) in [6.45, 7) is 4.17. The van der Waals surface area contributed by atoms with Crippen LogP contribution in [0, 0.1) is 11.7 Å². The van der Waals surface area contributed by atoms with Gasteiger partial charge in [0.25, 0.3) is 0 Å². The highest BCUT2D eigenvalue weighted by molar-refractivity contribution is 6.03. The normalized spacial score (nSPS) is 16.3. The quantitative estimate of drug-likeness (QED) is 0.703. The van der Waals surface area contributed by atoms with Gasteiger partial charge in [0.1, 0.15) is 5.82 Å². The molecule has 5 heteroatoms. The molecule has 4 nitrogen and oxygen atoms in total. The maximum absolute atomic E-state index is 13.3. The van der Waals surface area contributed by atoms with E-state index >= 15 is 0 Å². The maximum Gasteiger partial charge on any atom is 0.168 e. The Hall–Kier alpha value is -2.95. The highest BCUT2D eigenvalue weighted by Crippen LogP contribution is 2.34. The van der Waals surface area contributed by atoms with Crippen LogP contribution in [0.2, 0.25) is 0 Å². The van der Waals surface area contributed by atoms with Crippen LogP contribution in [0.4, 0.5) is 15.9 Å². The Kier molecular flexibility index (Phi) is 4.52. The van der Waals surface area contributed by atoms with Crippen molar-refractivity contribution in [1.82, 2.24) is 9.78 Å². The molecule has 3 aromatic rings. The fraction of sp³-hybridized carbons (Fsp3) is 0.273. The standard InChI is InChI=1S/C22H22FN3O/c1-3-15-6-4-5-7-18(15)24-22-21-19(12-14(2)13-20(21)27)26(25-22)17-10-8-16(23)9-11-17/h4-11,14H,3,12-13H2,1-2H3,(H,24,25)/t14-/m1/s1. The van der Waals surface area contributed by atoms with E-state index in [1.807, 2.05) is 18.2 Å². The van der Waals surface area contributed by atoms with Gasteiger partial charge >= 0.3 is 0 Å². The molecule has 27 heavy (non-hydrogen) atoms. The summed E-state index contributed by atoms with van der Waals surface area (Å²) in [5.74, 6) is 0.650. The molecule has 0 saturated heterocycles. The van der Waals surface area contributed by atoms with Crippen molar-refractivity contribution in [2.45, 2.75) is 33.1 Å². The molecule has 0 radical (unpaired) electrons. The second kappa shape index (κ2) is 6.99. The van der Waals surface area contributed by atoms with E-state index in [2.05, 4.69) is 25.2 Å². The molecule has 0 saturated carbocycles. The number of hydrogen-bond acceptors (Lipinski definition) is 3. The van der Waals surface area contributed by atoms with Gasteiger partial charge in [-0.05, 0) is 54.7 Å². The molecule has 2 aromatic carbocycles. The number of hydrogen-bond donors (Lipinski definition) is 1. The van der Waals surface area contributed by atoms with Crippen molar-refractivity contribution in [3.8, 4) is 5.69 Å². The third-order valence-electron chi connectivity index (χ3n) is 5.06. The van der Waals surface area contributed by atoms with Crippen LogP contribution >= 0.6 is 0 Å². The summed E-state index contributed by atoms with van der Waals surface area (Å²) in [7, 11) is 0. The molecule has 1 N–H and O–H groups in total. The third kappa shape index (κ3) is 3.25. The number of nitrogens with one attached hydrogen (secondary N) is 1. The first-order valence-electron chi connectivity index (χ1n) is 9.32. The smallest absolute Gasteiger partial charge is 0.168 e. The molecule has 138 valence electrons. The number of aryl methyl sites for hydroxylation is 1. The van der Waals surface area contributed by atoms with E-state index in [1.54, 1.807) is 16.8 Å². The fourth-order valence-electron chi connectivity index (χ4n) is 3.72. The van der Waals surface area contributed by atoms with Gasteiger partial charge in [0.05, 0.1) is 16.9 Å². The molecule has 1 aromatic heterocycles. The number of ketones is 1. The minimum Gasteiger partial charge on any atom is -0.338 e. The minimum atomic E-state index is -0.292. The van der Waals surface area contributed by atoms with Crippen LogP contribution < -0.4 is 5.32 Å². The topological polar surface area (TPSA) is 46.9 Å². The number of nitrogens with zero attached hydrogens (tertiary/aromatic N) is 2. The summed E-state index contributed by atoms with van der Waals surface area (Å²) in [6, 6.07) is 14.2. The van der Waals surface area contributed by atoms with Crippen molar-refractivity contribution in [3.63, 3.8) is 0 Å². The SMILES string of the molecule is CCc1ccccc1Nc1nn(-c2ccc(F)cc2)c2c1C(=O)C[C@H](C)C2. The van der Waals surface area contributed by atoms with Crippen molar-refractivity contribution in [2.75, 3.05) is 5.32 Å². The number of halogens is 1. The van der Waals surface area contributed by atoms with Crippen LogP contribution in [0.15, 0.2) is 48.5 Å². The number of carbonyl (C=O) groups excluding carboxylic acids is 1. The van der Waals surface area contributed by atoms with Gasteiger partial charge in [0, 0.05) is 12.1 Å². The van der Waals surface area contributed by atoms with Crippen LogP contribution in [0.5, 0.6) is 0 Å². The van der Waals surface area contributed by atoms with Gasteiger partial charge in [0.15, 0.2) is 11.6 Å². The van der Waals surface area contributed by atoms with Crippen LogP contribution in [0.3, 0.4) is 0 Å². The number of benzene rings is 2. The van der Waals surface area contributed by atoms with Crippen molar-refractivity contribution in [1.29, 1.82) is 0 Å². The molecule has 1 heterocycles. The van der Waals surface area contributed by atoms with E-state index in [0.29, 0.717) is 17.8 Å². The lowest BCUT2D eigenvalue weighted by molar-refractivity contribution is 0.0953. The Labute approximate surface area is 158 Å². The van der Waals surface area contributed by atoms with E-state index in [4.69, 9.17) is 5.10 Å². The summed E-state index contributed by atoms with van der Waals surface area (Å²) >= 11 is 0. The third-order valence-corrected chi connectivity index (χ3v) is 5.06. The van der Waals surface area contributed by atoms with E-state index in [-0.39, 0.29) is 17.5 Å². The first-order chi connectivity index (χ1) is 13.1. The highest BCUT2D eigenvalue weighted by atomic mass is 19.1. The van der Waals surface area contributed by atoms with Crippen LogP contribution in [-0.2, 0) is 12.8 Å². The monoisotopic (exact) mass is 363 g/mol. The Morgan fingerprint density at radius 3 is 2.63 bits per heavy atom. The summed E-state index contributed by atoms with van der Waals surface area (Å²) < 4.78 is 15.1. The lowest BCUT2D eigenvalue weighted by Crippen LogP contribution is -2.19. The van der Waals surface area contributed by atoms with Gasteiger partial charge in [-0.3, -0.25) is 4.79 Å². The summed E-state index contributed by atoms with van der Waals surface area (Å²) in [5.41, 5.74) is 4.42. The van der Waals surface area contributed by atoms with Crippen molar-refractivity contribution in [3.05, 3.63) is 71.2 Å². The Balaban J connectivity index is 1.84. The number of anilines is 2. The predicted molar refractivity (Wildman–Crippen MR) is 104 cm³/mol. The lowest BCUT2D eigenvalue weighted by atomic mass is 9.87. The first-order valence-corrected chi connectivity index (χ1v) is 9.32. The average Bonchev–Trinajstić information content (AvgIpc) is 3.01. The van der Waals surface area contributed by atoms with E-state index < -0.39 is 0 Å². The highest BCUT2D eigenvalue weighted by Gasteiger charge is 2.31. The van der Waals surface area contributed by atoms with Gasteiger partial charge < -0.3 is 5.32 Å². The number of aromatic nitrogens is 2. The molecule has 0 spiro atoms. The summed E-state index contributed by atoms with van der Waals surface area (Å²) in [4.78, 5) is 12.8. The molecule has 1 aliphatic rings. The fourth-order valence-corrected chi connectivity index (χ4v) is 3.72. The van der Waals surface area contributed by atoms with Crippen LogP contribution in [0.1, 0.15) is 41.9 Å². The largest absolute Gasteiger partial charge is 0.338 e. The van der Waals surface area contributed by atoms with Crippen molar-refractivity contribution < 1.29 is 9.18 Å². The number of fused-ring (bicyclic) bond motifs is 1. The molecule has 4 rings (SSSR count). The number of Topliss-reactive ketones (excluding diaryl/α,β-unsaturated/α-hetero) is 1. The van der Waals surface area contributed by atoms with Gasteiger partial charge in [-0.1, -0.05) is 32.0 Å². The number of rotatable bonds is 4. The summed E-state index contributed by atoms with van der Waals surface area (Å²) in [5, 5.41) is 8.08. The van der Waals surface area contributed by atoms with Gasteiger partial charge in [-0.2, -0.15) is 0 Å². The molecule has 1 aliphatic carbocycles. The van der Waals surface area contributed by atoms with E-state index in [0.717, 1.165) is 29.9 Å². The molecule has 0 unspecified atom stereocenters. The lowest BCUT2D eigenvalue weighted by Gasteiger charge is -2.19. The van der Waals surface area contributed by atoms with Crippen LogP contribution in [0.25, 0.3) is 5.69 Å². The Bertz CT molecular complexity index is 991. The Morgan fingerprint density at radius 2 is 1.89 bits per heavy atom. The molecule has 0 fully saturated rings. The van der Waals surface area contributed by atoms with Crippen LogP contribution in [-0.4, -0.2) is 15.6 Å². The van der Waals surface area contributed by atoms with Gasteiger partial charge in [-0.25, -0.2) is 9.07 Å². The maximum atomic E-state index is 13.3. The zero-order valence-electron chi connectivity index (χ0n) is 15.5. The number of para-hydroxylation sites is 1. The zero-order chi connectivity index (χ0) is 19.0. The first kappa shape index (κ1) is 17.5. The van der Waals surface area contributed by atoms with Crippen molar-refractivity contribution in [2.24, 2.45) is 5.92 Å². The second-order valence-corrected chi connectivity index (χ2v) is 7.13. The molecule has 1 atom stereocenters. The molecule has 0 aliphatic heterocycles. The zero-order valence-corrected chi connectivity index (χ0v) is 15.5.